The van der Waals surface area contributed by atoms with Gasteiger partial charge < -0.3 is 19.9 Å². The second kappa shape index (κ2) is 7.67. The van der Waals surface area contributed by atoms with Gasteiger partial charge in [-0.25, -0.2) is 9.97 Å². The van der Waals surface area contributed by atoms with E-state index in [1.54, 1.807) is 23.4 Å². The number of primary amides is 1. The lowest BCUT2D eigenvalue weighted by Gasteiger charge is -2.31. The lowest BCUT2D eigenvalue weighted by atomic mass is 10.1. The molecule has 1 fully saturated rings. The first kappa shape index (κ1) is 18.0. The van der Waals surface area contributed by atoms with Crippen LogP contribution in [0.1, 0.15) is 23.5 Å². The Labute approximate surface area is 161 Å². The maximum absolute atomic E-state index is 12.4. The summed E-state index contributed by atoms with van der Waals surface area (Å²) in [7, 11) is 0. The Kier molecular flexibility index (Phi) is 4.92. The van der Waals surface area contributed by atoms with Gasteiger partial charge in [0.25, 0.3) is 5.91 Å². The number of benzene rings is 1. The molecule has 0 bridgehead atoms. The lowest BCUT2D eigenvalue weighted by molar-refractivity contribution is -0.118. The van der Waals surface area contributed by atoms with Gasteiger partial charge in [0, 0.05) is 49.9 Å². The van der Waals surface area contributed by atoms with Crippen LogP contribution in [0.25, 0.3) is 10.9 Å². The van der Waals surface area contributed by atoms with Crippen molar-refractivity contribution < 1.29 is 14.3 Å². The molecule has 8 heteroatoms. The first-order valence-corrected chi connectivity index (χ1v) is 9.21. The minimum atomic E-state index is -0.386. The van der Waals surface area contributed by atoms with Crippen molar-refractivity contribution in [1.29, 1.82) is 0 Å². The molecule has 2 amide bonds. The molecule has 4 rings (SSSR count). The highest BCUT2D eigenvalue weighted by Crippen LogP contribution is 2.29. The summed E-state index contributed by atoms with van der Waals surface area (Å²) in [5.41, 5.74) is 6.22. The molecular formula is C20H21N5O3. The number of fused-ring (bicyclic) bond motifs is 1. The zero-order chi connectivity index (χ0) is 19.5. The quantitative estimate of drug-likeness (QED) is 0.725. The average molecular weight is 379 g/mol. The van der Waals surface area contributed by atoms with Crippen molar-refractivity contribution in [2.45, 2.75) is 25.5 Å². The SMILES string of the molecule is NC(=O)Cn1ccc2c(OC3CCN(C(=O)c4ncccn4)CC3)cccc21. The number of ether oxygens (including phenoxy) is 1. The number of likely N-dealkylation sites (tertiary alicyclic amines) is 1. The largest absolute Gasteiger partial charge is 0.490 e. The molecule has 0 aliphatic carbocycles. The zero-order valence-electron chi connectivity index (χ0n) is 15.3. The number of hydrogen-bond donors (Lipinski definition) is 1. The van der Waals surface area contributed by atoms with Gasteiger partial charge in [0.2, 0.25) is 11.7 Å². The van der Waals surface area contributed by atoms with Crippen LogP contribution in [-0.2, 0) is 11.3 Å². The molecule has 2 aromatic heterocycles. The number of amides is 2. The molecular weight excluding hydrogens is 358 g/mol. The molecule has 28 heavy (non-hydrogen) atoms. The third kappa shape index (κ3) is 3.66. The van der Waals surface area contributed by atoms with Gasteiger partial charge in [-0.2, -0.15) is 0 Å². The highest BCUT2D eigenvalue weighted by atomic mass is 16.5. The van der Waals surface area contributed by atoms with Gasteiger partial charge in [0.05, 0.1) is 5.52 Å². The van der Waals surface area contributed by atoms with E-state index < -0.39 is 0 Å². The molecule has 1 aromatic carbocycles. The molecule has 0 radical (unpaired) electrons. The van der Waals surface area contributed by atoms with Gasteiger partial charge in [0.15, 0.2) is 0 Å². The van der Waals surface area contributed by atoms with E-state index in [0.29, 0.717) is 13.1 Å². The number of nitrogens with two attached hydrogens (primary N) is 1. The number of carbonyl (C=O) groups excluding carboxylic acids is 2. The van der Waals surface area contributed by atoms with Gasteiger partial charge in [-0.3, -0.25) is 9.59 Å². The highest BCUT2D eigenvalue weighted by Gasteiger charge is 2.26. The molecule has 1 saturated heterocycles. The van der Waals surface area contributed by atoms with Crippen LogP contribution in [0.3, 0.4) is 0 Å². The second-order valence-corrected chi connectivity index (χ2v) is 6.78. The Balaban J connectivity index is 1.42. The fraction of sp³-hybridized carbons (Fsp3) is 0.300. The average Bonchev–Trinajstić information content (AvgIpc) is 3.12. The molecule has 3 heterocycles. The number of piperidine rings is 1. The minimum Gasteiger partial charge on any atom is -0.490 e. The molecule has 1 aliphatic rings. The monoisotopic (exact) mass is 379 g/mol. The predicted octanol–water partition coefficient (Wildman–Crippen LogP) is 1.60. The van der Waals surface area contributed by atoms with Crippen molar-refractivity contribution in [2.75, 3.05) is 13.1 Å². The normalized spacial score (nSPS) is 14.9. The van der Waals surface area contributed by atoms with Crippen LogP contribution in [0.5, 0.6) is 5.75 Å². The fourth-order valence-corrected chi connectivity index (χ4v) is 3.51. The summed E-state index contributed by atoms with van der Waals surface area (Å²) < 4.78 is 8.03. The van der Waals surface area contributed by atoms with Crippen LogP contribution >= 0.6 is 0 Å². The topological polar surface area (TPSA) is 103 Å². The summed E-state index contributed by atoms with van der Waals surface area (Å²) >= 11 is 0. The summed E-state index contributed by atoms with van der Waals surface area (Å²) in [5.74, 6) is 0.465. The van der Waals surface area contributed by atoms with E-state index in [-0.39, 0.29) is 30.3 Å². The van der Waals surface area contributed by atoms with E-state index in [1.807, 2.05) is 35.0 Å². The number of hydrogen-bond acceptors (Lipinski definition) is 5. The molecule has 0 saturated carbocycles. The Morgan fingerprint density at radius 1 is 1.11 bits per heavy atom. The molecule has 0 spiro atoms. The van der Waals surface area contributed by atoms with Gasteiger partial charge in [-0.15, -0.1) is 0 Å². The lowest BCUT2D eigenvalue weighted by Crippen LogP contribution is -2.42. The van der Waals surface area contributed by atoms with Gasteiger partial charge in [0.1, 0.15) is 18.4 Å². The van der Waals surface area contributed by atoms with E-state index in [9.17, 15) is 9.59 Å². The fourth-order valence-electron chi connectivity index (χ4n) is 3.51. The number of rotatable bonds is 5. The van der Waals surface area contributed by atoms with Crippen molar-refractivity contribution >= 4 is 22.7 Å². The Bertz CT molecular complexity index is 994. The van der Waals surface area contributed by atoms with E-state index in [2.05, 4.69) is 9.97 Å². The minimum absolute atomic E-state index is 0.0193. The first-order valence-electron chi connectivity index (χ1n) is 9.21. The number of carbonyl (C=O) groups is 2. The van der Waals surface area contributed by atoms with Gasteiger partial charge in [-0.05, 0) is 24.3 Å². The van der Waals surface area contributed by atoms with Gasteiger partial charge in [-0.1, -0.05) is 6.07 Å². The Hall–Kier alpha value is -3.42. The third-order valence-corrected chi connectivity index (χ3v) is 4.88. The standard InChI is InChI=1S/C20H21N5O3/c21-18(26)13-25-12-7-15-16(25)3-1-4-17(15)28-14-5-10-24(11-6-14)20(27)19-22-8-2-9-23-19/h1-4,7-9,12,14H,5-6,10-11,13H2,(H2,21,26). The molecule has 0 atom stereocenters. The smallest absolute Gasteiger partial charge is 0.291 e. The first-order chi connectivity index (χ1) is 13.6. The summed E-state index contributed by atoms with van der Waals surface area (Å²) in [4.78, 5) is 33.5. The molecule has 0 unspecified atom stereocenters. The molecule has 3 aromatic rings. The second-order valence-electron chi connectivity index (χ2n) is 6.78. The summed E-state index contributed by atoms with van der Waals surface area (Å²) in [5, 5.41) is 0.944. The van der Waals surface area contributed by atoms with Crippen LogP contribution in [0.2, 0.25) is 0 Å². The van der Waals surface area contributed by atoms with Crippen molar-refractivity contribution in [3.8, 4) is 5.75 Å². The summed E-state index contributed by atoms with van der Waals surface area (Å²) in [6.07, 6.45) is 6.46. The molecule has 2 N–H and O–H groups in total. The Morgan fingerprint density at radius 3 is 2.57 bits per heavy atom. The van der Waals surface area contributed by atoms with E-state index >= 15 is 0 Å². The maximum Gasteiger partial charge on any atom is 0.291 e. The van der Waals surface area contributed by atoms with E-state index in [4.69, 9.17) is 10.5 Å². The van der Waals surface area contributed by atoms with Crippen molar-refractivity contribution in [3.05, 3.63) is 54.7 Å². The summed E-state index contributed by atoms with van der Waals surface area (Å²) in [6.45, 7) is 1.33. The zero-order valence-corrected chi connectivity index (χ0v) is 15.3. The van der Waals surface area contributed by atoms with Crippen molar-refractivity contribution in [2.24, 2.45) is 5.73 Å². The van der Waals surface area contributed by atoms with Crippen LogP contribution in [0.15, 0.2) is 48.9 Å². The van der Waals surface area contributed by atoms with Crippen LogP contribution in [-0.4, -0.2) is 50.4 Å². The van der Waals surface area contributed by atoms with Crippen LogP contribution in [0.4, 0.5) is 0 Å². The van der Waals surface area contributed by atoms with Crippen molar-refractivity contribution in [3.63, 3.8) is 0 Å². The number of nitrogens with zero attached hydrogens (tertiary/aromatic N) is 4. The molecule has 144 valence electrons. The summed E-state index contributed by atoms with van der Waals surface area (Å²) in [6, 6.07) is 9.38. The third-order valence-electron chi connectivity index (χ3n) is 4.88. The maximum atomic E-state index is 12.4. The van der Waals surface area contributed by atoms with Crippen LogP contribution < -0.4 is 10.5 Å². The molecule has 8 nitrogen and oxygen atoms in total. The Morgan fingerprint density at radius 2 is 1.86 bits per heavy atom. The molecule has 1 aliphatic heterocycles. The highest BCUT2D eigenvalue weighted by molar-refractivity contribution is 5.90. The van der Waals surface area contributed by atoms with Crippen molar-refractivity contribution in [1.82, 2.24) is 19.4 Å². The predicted molar refractivity (Wildman–Crippen MR) is 103 cm³/mol. The van der Waals surface area contributed by atoms with Gasteiger partial charge >= 0.3 is 0 Å². The van der Waals surface area contributed by atoms with Crippen LogP contribution in [0, 0.1) is 0 Å². The number of aromatic nitrogens is 3. The van der Waals surface area contributed by atoms with E-state index in [1.165, 1.54) is 0 Å². The van der Waals surface area contributed by atoms with E-state index in [0.717, 1.165) is 29.5 Å².